The maximum Gasteiger partial charge on any atom is 0.220 e. The summed E-state index contributed by atoms with van der Waals surface area (Å²) >= 11 is 0. The Kier molecular flexibility index (Phi) is 5.35. The first-order chi connectivity index (χ1) is 9.08. The molecule has 3 N–H and O–H groups in total. The van der Waals surface area contributed by atoms with Crippen LogP contribution in [0.15, 0.2) is 23.3 Å². The molecule has 0 bridgehead atoms. The van der Waals surface area contributed by atoms with E-state index in [2.05, 4.69) is 17.0 Å². The second kappa shape index (κ2) is 7.01. The Balaban J connectivity index is 2.97. The third kappa shape index (κ3) is 4.68. The number of nitrogens with zero attached hydrogens (tertiary/aromatic N) is 1. The summed E-state index contributed by atoms with van der Waals surface area (Å²) in [6.07, 6.45) is -0.0718. The molecule has 0 aromatic heterocycles. The van der Waals surface area contributed by atoms with E-state index in [1.54, 1.807) is 32.4 Å². The number of nitrogens with one attached hydrogen (secondary N) is 1. The molecule has 0 fully saturated rings. The molecule has 19 heavy (non-hydrogen) atoms. The summed E-state index contributed by atoms with van der Waals surface area (Å²) in [4.78, 5) is 10.8. The predicted octanol–water partition coefficient (Wildman–Crippen LogP) is 1.33. The number of rotatable bonds is 5. The van der Waals surface area contributed by atoms with Crippen molar-refractivity contribution >= 4 is 5.91 Å². The van der Waals surface area contributed by atoms with Gasteiger partial charge in [0, 0.05) is 11.6 Å². The van der Waals surface area contributed by atoms with E-state index in [0.29, 0.717) is 17.1 Å². The average Bonchev–Trinajstić information content (AvgIpc) is 2.42. The zero-order chi connectivity index (χ0) is 14.3. The highest BCUT2D eigenvalue weighted by Gasteiger charge is 2.06. The summed E-state index contributed by atoms with van der Waals surface area (Å²) in [7, 11) is 3.09. The molecule has 1 rings (SSSR count). The van der Waals surface area contributed by atoms with Crippen LogP contribution >= 0.6 is 0 Å². The highest BCUT2D eigenvalue weighted by atomic mass is 16.5. The number of carbonyl (C=O) groups excluding carboxylic acids is 1. The Morgan fingerprint density at radius 1 is 1.37 bits per heavy atom. The molecule has 0 aliphatic rings. The zero-order valence-corrected chi connectivity index (χ0v) is 10.8. The second-order valence-corrected chi connectivity index (χ2v) is 3.69. The van der Waals surface area contributed by atoms with Gasteiger partial charge in [0.1, 0.15) is 17.5 Å². The largest absolute Gasteiger partial charge is 0.497 e. The molecule has 1 atom stereocenters. The molecule has 0 spiro atoms. The van der Waals surface area contributed by atoms with E-state index in [4.69, 9.17) is 20.7 Å². The quantitative estimate of drug-likeness (QED) is 0.618. The monoisotopic (exact) mass is 261 g/mol. The summed E-state index contributed by atoms with van der Waals surface area (Å²) in [6, 6.07) is 4.44. The van der Waals surface area contributed by atoms with Crippen molar-refractivity contribution in [2.45, 2.75) is 12.5 Å². The number of primary amides is 1. The molecule has 0 aliphatic heterocycles. The minimum atomic E-state index is -0.727. The van der Waals surface area contributed by atoms with Crippen molar-refractivity contribution in [3.63, 3.8) is 0 Å². The number of amides is 1. The number of benzene rings is 1. The maximum atomic E-state index is 10.8. The van der Waals surface area contributed by atoms with Crippen LogP contribution in [0.1, 0.15) is 12.0 Å². The van der Waals surface area contributed by atoms with Crippen LogP contribution in [0.4, 0.5) is 0 Å². The van der Waals surface area contributed by atoms with Crippen LogP contribution < -0.4 is 15.2 Å². The summed E-state index contributed by atoms with van der Waals surface area (Å²) in [5.41, 5.74) is 12.6. The van der Waals surface area contributed by atoms with E-state index in [1.165, 1.54) is 0 Å². The first-order valence-corrected chi connectivity index (χ1v) is 5.48. The molecule has 0 saturated carbocycles. The van der Waals surface area contributed by atoms with Crippen molar-refractivity contribution < 1.29 is 14.3 Å². The summed E-state index contributed by atoms with van der Waals surface area (Å²) in [5.74, 6) is 6.20. The van der Waals surface area contributed by atoms with Gasteiger partial charge in [0.05, 0.1) is 20.6 Å². The van der Waals surface area contributed by atoms with E-state index < -0.39 is 11.9 Å². The molecule has 0 heterocycles. The zero-order valence-electron chi connectivity index (χ0n) is 10.8. The molecule has 100 valence electrons. The van der Waals surface area contributed by atoms with Crippen molar-refractivity contribution in [3.05, 3.63) is 23.8 Å². The molecule has 6 heteroatoms. The lowest BCUT2D eigenvalue weighted by Crippen LogP contribution is -2.17. The van der Waals surface area contributed by atoms with E-state index in [0.717, 1.165) is 0 Å². The Hall–Kier alpha value is -2.55. The van der Waals surface area contributed by atoms with Crippen LogP contribution in [0.25, 0.3) is 0 Å². The first-order valence-electron chi connectivity index (χ1n) is 5.48. The number of hydrogen-bond donors (Lipinski definition) is 2. The fourth-order valence-electron chi connectivity index (χ4n) is 1.37. The molecule has 1 unspecified atom stereocenters. The normalized spacial score (nSPS) is 10.8. The van der Waals surface area contributed by atoms with Crippen LogP contribution in [0.2, 0.25) is 0 Å². The van der Waals surface area contributed by atoms with Crippen molar-refractivity contribution in [3.8, 4) is 23.3 Å². The smallest absolute Gasteiger partial charge is 0.220 e. The van der Waals surface area contributed by atoms with Crippen molar-refractivity contribution in [2.75, 3.05) is 14.2 Å². The van der Waals surface area contributed by atoms with Crippen LogP contribution in [-0.2, 0) is 4.79 Å². The van der Waals surface area contributed by atoms with Gasteiger partial charge in [-0.15, -0.1) is 0 Å². The standard InChI is InChI=1S/C13H15N3O3/c1-18-11-5-9(6-12(8-11)19-2)3-4-10(16-15)7-13(14)17/h5-6,8,10,15H,7H2,1-2H3,(H2,14,17). The third-order valence-electron chi connectivity index (χ3n) is 2.28. The molecule has 0 aliphatic carbocycles. The number of carbonyl (C=O) groups is 1. The minimum Gasteiger partial charge on any atom is -0.497 e. The van der Waals surface area contributed by atoms with Gasteiger partial charge in [-0.3, -0.25) is 4.79 Å². The summed E-state index contributed by atoms with van der Waals surface area (Å²) in [6.45, 7) is 0. The molecule has 0 saturated heterocycles. The highest BCUT2D eigenvalue weighted by Crippen LogP contribution is 2.21. The van der Waals surface area contributed by atoms with Gasteiger partial charge in [-0.05, 0) is 12.1 Å². The van der Waals surface area contributed by atoms with Crippen molar-refractivity contribution in [2.24, 2.45) is 10.8 Å². The van der Waals surface area contributed by atoms with Gasteiger partial charge < -0.3 is 15.2 Å². The lowest BCUT2D eigenvalue weighted by molar-refractivity contribution is -0.118. The average molecular weight is 261 g/mol. The van der Waals surface area contributed by atoms with E-state index in [9.17, 15) is 4.79 Å². The van der Waals surface area contributed by atoms with Gasteiger partial charge >= 0.3 is 0 Å². The topological polar surface area (TPSA) is 97.8 Å². The fraction of sp³-hybridized carbons (Fsp3) is 0.308. The number of ether oxygens (including phenoxy) is 2. The van der Waals surface area contributed by atoms with E-state index >= 15 is 0 Å². The lowest BCUT2D eigenvalue weighted by atomic mass is 10.1. The van der Waals surface area contributed by atoms with Crippen LogP contribution in [-0.4, -0.2) is 26.2 Å². The first kappa shape index (κ1) is 14.5. The number of hydrogen-bond acceptors (Lipinski definition) is 5. The molecular weight excluding hydrogens is 246 g/mol. The number of methoxy groups -OCH3 is 2. The summed E-state index contributed by atoms with van der Waals surface area (Å²) < 4.78 is 10.2. The van der Waals surface area contributed by atoms with E-state index in [-0.39, 0.29) is 6.42 Å². The molecule has 1 amide bonds. The predicted molar refractivity (Wildman–Crippen MR) is 69.2 cm³/mol. The molecular formula is C13H15N3O3. The fourth-order valence-corrected chi connectivity index (χ4v) is 1.37. The Labute approximate surface area is 111 Å². The van der Waals surface area contributed by atoms with Gasteiger partial charge in [-0.25, -0.2) is 5.53 Å². The van der Waals surface area contributed by atoms with Gasteiger partial charge in [0.15, 0.2) is 0 Å². The SMILES string of the molecule is COc1cc(C#CC(CC(N)=O)N=N)cc(OC)c1. The number of nitrogens with two attached hydrogens (primary N) is 1. The molecule has 1 aromatic rings. The van der Waals surface area contributed by atoms with Crippen LogP contribution in [0.5, 0.6) is 11.5 Å². The minimum absolute atomic E-state index is 0.0718. The molecule has 6 nitrogen and oxygen atoms in total. The van der Waals surface area contributed by atoms with Gasteiger partial charge in [0.25, 0.3) is 0 Å². The van der Waals surface area contributed by atoms with Crippen LogP contribution in [0, 0.1) is 17.4 Å². The molecule has 1 aromatic carbocycles. The van der Waals surface area contributed by atoms with Crippen molar-refractivity contribution in [1.82, 2.24) is 0 Å². The Morgan fingerprint density at radius 2 is 1.95 bits per heavy atom. The van der Waals surface area contributed by atoms with Gasteiger partial charge in [-0.1, -0.05) is 11.8 Å². The highest BCUT2D eigenvalue weighted by molar-refractivity contribution is 5.75. The van der Waals surface area contributed by atoms with Crippen LogP contribution in [0.3, 0.4) is 0 Å². The van der Waals surface area contributed by atoms with Crippen molar-refractivity contribution in [1.29, 1.82) is 5.53 Å². The van der Waals surface area contributed by atoms with Gasteiger partial charge in [-0.2, -0.15) is 5.11 Å². The van der Waals surface area contributed by atoms with Gasteiger partial charge in [0.2, 0.25) is 5.91 Å². The second-order valence-electron chi connectivity index (χ2n) is 3.69. The Morgan fingerprint density at radius 3 is 2.37 bits per heavy atom. The molecule has 0 radical (unpaired) electrons. The summed E-state index contributed by atoms with van der Waals surface area (Å²) in [5, 5.41) is 3.24. The third-order valence-corrected chi connectivity index (χ3v) is 2.28. The maximum absolute atomic E-state index is 10.8. The lowest BCUT2D eigenvalue weighted by Gasteiger charge is -2.05. The Bertz CT molecular complexity index is 509. The van der Waals surface area contributed by atoms with E-state index in [1.807, 2.05) is 0 Å².